The van der Waals surface area contributed by atoms with Crippen LogP contribution in [-0.4, -0.2) is 35.4 Å². The van der Waals surface area contributed by atoms with Crippen molar-refractivity contribution in [3.63, 3.8) is 0 Å². The first-order chi connectivity index (χ1) is 15.0. The van der Waals surface area contributed by atoms with Gasteiger partial charge in [0.15, 0.2) is 0 Å². The Morgan fingerprint density at radius 2 is 1.97 bits per heavy atom. The molecule has 2 unspecified atom stereocenters. The molecule has 2 amide bonds. The molecule has 5 rings (SSSR count). The van der Waals surface area contributed by atoms with Gasteiger partial charge in [0, 0.05) is 12.2 Å². The second-order valence-electron chi connectivity index (χ2n) is 7.85. The topological polar surface area (TPSA) is 97.6 Å². The van der Waals surface area contributed by atoms with Gasteiger partial charge in [-0.05, 0) is 47.9 Å². The summed E-state index contributed by atoms with van der Waals surface area (Å²) in [6.45, 7) is 0.416. The first kappa shape index (κ1) is 19.1. The van der Waals surface area contributed by atoms with E-state index in [9.17, 15) is 9.59 Å². The molecule has 156 valence electrons. The molecule has 2 aliphatic rings. The van der Waals surface area contributed by atoms with Crippen molar-refractivity contribution in [1.29, 1.82) is 0 Å². The molecule has 3 aromatic rings. The van der Waals surface area contributed by atoms with Crippen molar-refractivity contribution in [3.8, 4) is 5.75 Å². The summed E-state index contributed by atoms with van der Waals surface area (Å²) >= 11 is 0. The lowest BCUT2D eigenvalue weighted by molar-refractivity contribution is -0.121. The van der Waals surface area contributed by atoms with Crippen LogP contribution in [0.3, 0.4) is 0 Å². The van der Waals surface area contributed by atoms with E-state index in [-0.39, 0.29) is 23.3 Å². The van der Waals surface area contributed by atoms with Gasteiger partial charge in [-0.15, -0.1) is 0 Å². The number of pyridine rings is 1. The number of ether oxygens (including phenoxy) is 1. The number of fused-ring (bicyclic) bond motifs is 2. The van der Waals surface area contributed by atoms with Crippen LogP contribution in [0.15, 0.2) is 66.7 Å². The van der Waals surface area contributed by atoms with Crippen LogP contribution in [-0.2, 0) is 10.2 Å². The molecule has 3 N–H and O–H groups in total. The minimum Gasteiger partial charge on any atom is -0.497 e. The third-order valence-corrected chi connectivity index (χ3v) is 6.25. The van der Waals surface area contributed by atoms with Gasteiger partial charge in [-0.25, -0.2) is 4.98 Å². The van der Waals surface area contributed by atoms with Gasteiger partial charge in [0.05, 0.1) is 13.2 Å². The maximum absolute atomic E-state index is 13.5. The Labute approximate surface area is 179 Å². The number of para-hydroxylation sites is 1. The monoisotopic (exact) mass is 414 g/mol. The van der Waals surface area contributed by atoms with Gasteiger partial charge in [-0.2, -0.15) is 0 Å². The van der Waals surface area contributed by atoms with E-state index in [0.29, 0.717) is 18.7 Å². The molecule has 1 fully saturated rings. The highest BCUT2D eigenvalue weighted by molar-refractivity contribution is 6.08. The van der Waals surface area contributed by atoms with E-state index in [1.54, 1.807) is 30.2 Å². The number of rotatable bonds is 3. The number of anilines is 2. The van der Waals surface area contributed by atoms with Gasteiger partial charge in [-0.1, -0.05) is 36.4 Å². The van der Waals surface area contributed by atoms with Crippen molar-refractivity contribution in [2.75, 3.05) is 24.7 Å². The van der Waals surface area contributed by atoms with Crippen molar-refractivity contribution >= 4 is 23.3 Å². The van der Waals surface area contributed by atoms with E-state index in [1.807, 2.05) is 48.5 Å². The molecule has 3 heterocycles. The molecule has 1 spiro atoms. The highest BCUT2D eigenvalue weighted by Crippen LogP contribution is 2.55. The number of nitrogens with zero attached hydrogens (tertiary/aromatic N) is 2. The maximum atomic E-state index is 13.5. The van der Waals surface area contributed by atoms with Crippen LogP contribution in [0.2, 0.25) is 0 Å². The maximum Gasteiger partial charge on any atom is 0.273 e. The fourth-order valence-corrected chi connectivity index (χ4v) is 4.90. The summed E-state index contributed by atoms with van der Waals surface area (Å²) in [6.07, 6.45) is 0.506. The number of likely N-dealkylation sites (tertiary alicyclic amines) is 1. The molecule has 0 saturated carbocycles. The van der Waals surface area contributed by atoms with Crippen LogP contribution in [0, 0.1) is 0 Å². The van der Waals surface area contributed by atoms with Gasteiger partial charge in [0.1, 0.15) is 22.7 Å². The number of nitrogens with two attached hydrogens (primary N) is 1. The van der Waals surface area contributed by atoms with Crippen LogP contribution in [0.4, 0.5) is 11.5 Å². The fourth-order valence-electron chi connectivity index (χ4n) is 4.90. The predicted molar refractivity (Wildman–Crippen MR) is 117 cm³/mol. The molecule has 0 radical (unpaired) electrons. The summed E-state index contributed by atoms with van der Waals surface area (Å²) in [5.41, 5.74) is 7.72. The lowest BCUT2D eigenvalue weighted by atomic mass is 9.72. The molecule has 7 heteroatoms. The number of carbonyl (C=O) groups is 2. The zero-order chi connectivity index (χ0) is 21.6. The Hall–Kier alpha value is -3.87. The normalized spacial score (nSPS) is 21.8. The van der Waals surface area contributed by atoms with E-state index in [1.165, 1.54) is 0 Å². The third kappa shape index (κ3) is 2.84. The highest BCUT2D eigenvalue weighted by atomic mass is 16.5. The summed E-state index contributed by atoms with van der Waals surface area (Å²) in [4.78, 5) is 32.9. The lowest BCUT2D eigenvalue weighted by Crippen LogP contribution is -2.42. The van der Waals surface area contributed by atoms with Crippen molar-refractivity contribution < 1.29 is 14.3 Å². The molecule has 1 aromatic heterocycles. The molecule has 31 heavy (non-hydrogen) atoms. The second-order valence-corrected chi connectivity index (χ2v) is 7.85. The van der Waals surface area contributed by atoms with Crippen LogP contribution < -0.4 is 15.8 Å². The molecule has 0 bridgehead atoms. The number of benzene rings is 2. The Morgan fingerprint density at radius 1 is 1.16 bits per heavy atom. The molecular formula is C24H22N4O3. The molecule has 7 nitrogen and oxygen atoms in total. The molecule has 0 aliphatic carbocycles. The molecule has 1 saturated heterocycles. The first-order valence-corrected chi connectivity index (χ1v) is 10.1. The van der Waals surface area contributed by atoms with Gasteiger partial charge in [-0.3, -0.25) is 9.59 Å². The number of nitrogen functional groups attached to an aromatic ring is 1. The number of hydrogen-bond donors (Lipinski definition) is 2. The number of methoxy groups -OCH3 is 1. The number of aromatic nitrogens is 1. The summed E-state index contributed by atoms with van der Waals surface area (Å²) in [5, 5.41) is 3.02. The quantitative estimate of drug-likeness (QED) is 0.686. The second kappa shape index (κ2) is 7.12. The molecule has 2 atom stereocenters. The fraction of sp³-hybridized carbons (Fsp3) is 0.208. The van der Waals surface area contributed by atoms with E-state index in [2.05, 4.69) is 10.3 Å². The van der Waals surface area contributed by atoms with E-state index in [0.717, 1.165) is 16.8 Å². The minimum atomic E-state index is -0.890. The van der Waals surface area contributed by atoms with Gasteiger partial charge < -0.3 is 20.7 Å². The Morgan fingerprint density at radius 3 is 2.77 bits per heavy atom. The first-order valence-electron chi connectivity index (χ1n) is 10.1. The summed E-state index contributed by atoms with van der Waals surface area (Å²) in [6, 6.07) is 19.7. The van der Waals surface area contributed by atoms with Gasteiger partial charge >= 0.3 is 0 Å². The number of hydrogen-bond acceptors (Lipinski definition) is 5. The standard InChI is InChI=1S/C24H22N4O3/c1-31-16-7-4-6-15(14-16)21-24(17-8-2-3-9-18(17)27-23(24)30)12-13-28(21)22(29)19-10-5-11-20(25)26-19/h2-11,14,21H,12-13H2,1H3,(H2,25,26)(H,27,30). The summed E-state index contributed by atoms with van der Waals surface area (Å²) < 4.78 is 5.43. The number of amides is 2. The Kier molecular flexibility index (Phi) is 4.39. The van der Waals surface area contributed by atoms with E-state index < -0.39 is 11.5 Å². The van der Waals surface area contributed by atoms with E-state index in [4.69, 9.17) is 10.5 Å². The smallest absolute Gasteiger partial charge is 0.273 e. The predicted octanol–water partition coefficient (Wildman–Crippen LogP) is 3.15. The van der Waals surface area contributed by atoms with Crippen molar-refractivity contribution in [2.45, 2.75) is 17.9 Å². The number of nitrogens with one attached hydrogen (secondary N) is 1. The number of carbonyl (C=O) groups excluding carboxylic acids is 2. The van der Waals surface area contributed by atoms with Gasteiger partial charge in [0.2, 0.25) is 5.91 Å². The largest absolute Gasteiger partial charge is 0.497 e. The van der Waals surface area contributed by atoms with Gasteiger partial charge in [0.25, 0.3) is 5.91 Å². The van der Waals surface area contributed by atoms with Crippen molar-refractivity contribution in [2.24, 2.45) is 0 Å². The van der Waals surface area contributed by atoms with E-state index >= 15 is 0 Å². The Bertz CT molecular complexity index is 1190. The average Bonchev–Trinajstić information content (AvgIpc) is 3.32. The van der Waals surface area contributed by atoms with Crippen molar-refractivity contribution in [1.82, 2.24) is 9.88 Å². The SMILES string of the molecule is COc1cccc(C2N(C(=O)c3cccc(N)n3)CCC23C(=O)Nc2ccccc23)c1. The highest BCUT2D eigenvalue weighted by Gasteiger charge is 2.59. The molecule has 2 aliphatic heterocycles. The average molecular weight is 414 g/mol. The lowest BCUT2D eigenvalue weighted by Gasteiger charge is -2.34. The van der Waals surface area contributed by atoms with Crippen LogP contribution in [0.1, 0.15) is 34.1 Å². The minimum absolute atomic E-state index is 0.0997. The van der Waals surface area contributed by atoms with Crippen LogP contribution >= 0.6 is 0 Å². The van der Waals surface area contributed by atoms with Crippen LogP contribution in [0.25, 0.3) is 0 Å². The zero-order valence-electron chi connectivity index (χ0n) is 17.0. The Balaban J connectivity index is 1.68. The van der Waals surface area contributed by atoms with Crippen molar-refractivity contribution in [3.05, 3.63) is 83.6 Å². The summed E-state index contributed by atoms with van der Waals surface area (Å²) in [7, 11) is 1.60. The summed E-state index contributed by atoms with van der Waals surface area (Å²) in [5.74, 6) is 0.592. The zero-order valence-corrected chi connectivity index (χ0v) is 17.0. The molecular weight excluding hydrogens is 392 g/mol. The molecule has 2 aromatic carbocycles. The van der Waals surface area contributed by atoms with Crippen LogP contribution in [0.5, 0.6) is 5.75 Å². The third-order valence-electron chi connectivity index (χ3n) is 6.25.